The fraction of sp³-hybridized carbons (Fsp3) is 0.410. The maximum absolute atomic E-state index is 14.9. The molecule has 0 unspecified atom stereocenters. The number of amides is 6. The topological polar surface area (TPSA) is 418 Å². The molecular weight excluding hydrogens is 1500 g/mol. The number of aliphatic imine (C=N–C) groups is 1. The van der Waals surface area contributed by atoms with Gasteiger partial charge in [-0.1, -0.05) is 80.1 Å². The van der Waals surface area contributed by atoms with Crippen molar-refractivity contribution in [3.63, 3.8) is 0 Å². The van der Waals surface area contributed by atoms with E-state index >= 15 is 0 Å². The van der Waals surface area contributed by atoms with E-state index < -0.39 is 83.1 Å². The molecule has 0 radical (unpaired) electrons. The Labute approximate surface area is 658 Å². The molecule has 590 valence electrons. The van der Waals surface area contributed by atoms with Crippen molar-refractivity contribution in [3.8, 4) is 15.4 Å². The number of aliphatic carboxylic acids is 1. The molecule has 11 rings (SSSR count). The van der Waals surface area contributed by atoms with E-state index in [0.29, 0.717) is 76.9 Å². The molecule has 7 heterocycles. The van der Waals surface area contributed by atoms with Gasteiger partial charge in [0.15, 0.2) is 5.82 Å². The third kappa shape index (κ3) is 20.9. The number of H-pyrrole nitrogens is 1. The van der Waals surface area contributed by atoms with Crippen LogP contribution >= 0.6 is 34.3 Å². The van der Waals surface area contributed by atoms with Gasteiger partial charge in [0.1, 0.15) is 53.3 Å². The number of carbonyl (C=O) groups excluding carboxylic acids is 7. The lowest BCUT2D eigenvalue weighted by Crippen LogP contribution is -2.58. The van der Waals surface area contributed by atoms with Crippen molar-refractivity contribution in [1.82, 2.24) is 76.2 Å². The largest absolute Gasteiger partial charge is 0.481 e. The molecular formula is C78H91ClN18O13S2. The van der Waals surface area contributed by atoms with E-state index in [2.05, 4.69) is 81.2 Å². The Hall–Kier alpha value is -11.1. The second-order valence-electron chi connectivity index (χ2n) is 28.6. The molecule has 0 bridgehead atoms. The summed E-state index contributed by atoms with van der Waals surface area (Å²) in [6, 6.07) is 23.7. The van der Waals surface area contributed by atoms with Gasteiger partial charge < -0.3 is 61.9 Å². The van der Waals surface area contributed by atoms with E-state index in [1.54, 1.807) is 80.2 Å². The zero-order chi connectivity index (χ0) is 79.9. The monoisotopic (exact) mass is 1590 g/mol. The van der Waals surface area contributed by atoms with E-state index in [-0.39, 0.29) is 95.7 Å². The molecule has 1 fully saturated rings. The summed E-state index contributed by atoms with van der Waals surface area (Å²) in [7, 11) is 0. The van der Waals surface area contributed by atoms with Gasteiger partial charge in [-0.3, -0.25) is 62.4 Å². The van der Waals surface area contributed by atoms with E-state index in [4.69, 9.17) is 36.5 Å². The number of rotatable bonds is 35. The molecule has 2 aliphatic heterocycles. The lowest BCUT2D eigenvalue weighted by atomic mass is 9.85. The van der Waals surface area contributed by atoms with E-state index in [0.717, 1.165) is 59.5 Å². The molecule has 6 atom stereocenters. The van der Waals surface area contributed by atoms with Gasteiger partial charge in [0, 0.05) is 84.5 Å². The third-order valence-electron chi connectivity index (χ3n) is 19.3. The zero-order valence-corrected chi connectivity index (χ0v) is 65.8. The number of hydrogen-bond acceptors (Lipinski definition) is 23. The van der Waals surface area contributed by atoms with Crippen molar-refractivity contribution in [1.29, 1.82) is 0 Å². The Morgan fingerprint density at radius 2 is 1.57 bits per heavy atom. The SMILES string of the molecule is Cc1ncsc1-c1ccc([C@H](C)NC(=O)[C@@H]2C[C@@H](OC(=O)CCCCn3cc(CNC(=O)[C@@H](CCNC(=O)c4ccc(NCc5ccc6nc(N)[nH]c(=O)c6c5)cc4)C(=O)O)nn3)CN2C(=O)[C@@H](NC(=O)COCCCOCCNC(=O)C[C@@H]2N=C(c3ccc(Cl)cc3)c3c(sc(C)c3C)-n3c(C)nnc32)C(C)(C)C)cc1. The number of aromatic amines is 1. The standard InChI is InChI=1S/C78H91ClN18O13S2/c1-43-46(4)112-75-65(43)66(50-18-22-53(79)23-19-50)87-60(69-93-91-47(5)97(69)75)36-62(98)81-29-33-108-31-11-32-109-41-63(99)89-68(78(6,7)8)74(105)96-40-56(35-61(96)73(104)86-44(2)49-14-16-51(17-15-49)67-45(3)85-42-111-67)110-64(100)12-9-10-30-95-39-55(92-94-95)38-84-71(102)57(76(106)107)27-28-82-70(101)52-20-24-54(25-21-52)83-37-48-13-26-59-58(34-48)72(103)90-77(80)88-59/h13-26,34,39,42,44,56-57,60-61,68,83H,9-12,27-33,35-38,40-41H2,1-8H3,(H,81,98)(H,82,101)(H,84,102)(H,86,104)(H,89,99)(H,106,107)(H3,80,88,90,103)/t44-,56+,57+,60-,61-,68+/m0/s1. The number of nitrogens with two attached hydrogens (primary N) is 1. The summed E-state index contributed by atoms with van der Waals surface area (Å²) in [5, 5.41) is 46.4. The highest BCUT2D eigenvalue weighted by atomic mass is 35.5. The van der Waals surface area contributed by atoms with Gasteiger partial charge in [0.05, 0.1) is 71.1 Å². The molecule has 2 aliphatic rings. The zero-order valence-electron chi connectivity index (χ0n) is 63.4. The van der Waals surface area contributed by atoms with E-state index in [9.17, 15) is 48.3 Å². The Morgan fingerprint density at radius 1 is 0.821 bits per heavy atom. The Kier molecular flexibility index (Phi) is 27.2. The molecule has 34 heteroatoms. The van der Waals surface area contributed by atoms with Crippen LogP contribution in [0.25, 0.3) is 26.3 Å². The third-order valence-corrected chi connectivity index (χ3v) is 21.7. The minimum absolute atomic E-state index is 0.0118. The molecule has 31 nitrogen and oxygen atoms in total. The highest BCUT2D eigenvalue weighted by Crippen LogP contribution is 2.40. The highest BCUT2D eigenvalue weighted by Gasteiger charge is 2.46. The van der Waals surface area contributed by atoms with Gasteiger partial charge in [-0.25, -0.2) is 9.97 Å². The summed E-state index contributed by atoms with van der Waals surface area (Å²) in [6.07, 6.45) is 1.73. The minimum Gasteiger partial charge on any atom is -0.481 e. The van der Waals surface area contributed by atoms with Gasteiger partial charge >= 0.3 is 11.9 Å². The maximum atomic E-state index is 14.9. The summed E-state index contributed by atoms with van der Waals surface area (Å²) in [5.74, 6) is -5.21. The van der Waals surface area contributed by atoms with Crippen molar-refractivity contribution in [3.05, 3.63) is 179 Å². The number of nitrogens with zero attached hydrogens (tertiary/aromatic N) is 10. The molecule has 10 N–H and O–H groups in total. The molecule has 0 saturated carbocycles. The van der Waals surface area contributed by atoms with Gasteiger partial charge in [-0.05, 0) is 137 Å². The van der Waals surface area contributed by atoms with Crippen molar-refractivity contribution in [2.75, 3.05) is 57.1 Å². The average Bonchev–Trinajstić information content (AvgIpc) is 1.58. The number of halogens is 1. The number of anilines is 2. The molecule has 1 saturated heterocycles. The summed E-state index contributed by atoms with van der Waals surface area (Å²) < 4.78 is 21.1. The fourth-order valence-electron chi connectivity index (χ4n) is 13.1. The number of thiophene rings is 1. The van der Waals surface area contributed by atoms with Gasteiger partial charge in [-0.15, -0.1) is 38.0 Å². The number of hydrogen-bond donors (Lipinski definition) is 9. The van der Waals surface area contributed by atoms with Crippen LogP contribution in [0.15, 0.2) is 112 Å². The van der Waals surface area contributed by atoms with Crippen molar-refractivity contribution < 1.29 is 57.7 Å². The molecule has 9 aromatic rings. The van der Waals surface area contributed by atoms with E-state index in [1.165, 1.54) is 20.9 Å². The molecule has 5 aromatic heterocycles. The van der Waals surface area contributed by atoms with Crippen LogP contribution in [0.5, 0.6) is 0 Å². The Balaban J connectivity index is 0.612. The van der Waals surface area contributed by atoms with Crippen LogP contribution in [0.4, 0.5) is 11.6 Å². The van der Waals surface area contributed by atoms with Crippen LogP contribution < -0.4 is 43.2 Å². The first-order valence-electron chi connectivity index (χ1n) is 36.8. The number of fused-ring (bicyclic) bond motifs is 4. The first kappa shape index (κ1) is 81.8. The molecule has 6 amide bonds. The number of aryl methyl sites for hydroxylation is 4. The van der Waals surface area contributed by atoms with Crippen LogP contribution in [-0.4, -0.2) is 172 Å². The Bertz CT molecular complexity index is 4990. The minimum atomic E-state index is -1.48. The normalized spacial score (nSPS) is 15.4. The quantitative estimate of drug-likeness (QED) is 0.0103. The fourth-order valence-corrected chi connectivity index (χ4v) is 15.3. The number of aromatic nitrogens is 9. The summed E-state index contributed by atoms with van der Waals surface area (Å²) in [6.45, 7) is 16.0. The number of likely N-dealkylation sites (tertiary alicyclic amines) is 1. The van der Waals surface area contributed by atoms with Crippen molar-refractivity contribution in [2.45, 2.75) is 150 Å². The van der Waals surface area contributed by atoms with Crippen LogP contribution in [0.1, 0.15) is 151 Å². The number of esters is 1. The van der Waals surface area contributed by atoms with Crippen molar-refractivity contribution >= 4 is 110 Å². The average molecular weight is 1590 g/mol. The molecule has 0 aliphatic carbocycles. The molecule has 112 heavy (non-hydrogen) atoms. The summed E-state index contributed by atoms with van der Waals surface area (Å²) >= 11 is 9.44. The van der Waals surface area contributed by atoms with Gasteiger partial charge in [0.2, 0.25) is 35.5 Å². The molecule has 4 aromatic carbocycles. The number of unbranched alkanes of at least 4 members (excludes halogenated alkanes) is 1. The van der Waals surface area contributed by atoms with Gasteiger partial charge in [-0.2, -0.15) is 0 Å². The first-order chi connectivity index (χ1) is 53.6. The lowest BCUT2D eigenvalue weighted by Gasteiger charge is -2.35. The highest BCUT2D eigenvalue weighted by molar-refractivity contribution is 7.15. The number of benzene rings is 4. The van der Waals surface area contributed by atoms with Crippen molar-refractivity contribution in [2.24, 2.45) is 16.3 Å². The number of ether oxygens (including phenoxy) is 3. The predicted octanol–water partition coefficient (Wildman–Crippen LogP) is 8.11. The summed E-state index contributed by atoms with van der Waals surface area (Å²) in [5.41, 5.74) is 15.2. The van der Waals surface area contributed by atoms with Gasteiger partial charge in [0.25, 0.3) is 11.5 Å². The van der Waals surface area contributed by atoms with Crippen LogP contribution in [-0.2, 0) is 67.4 Å². The Morgan fingerprint density at radius 3 is 2.30 bits per heavy atom. The number of carboxylic acids is 1. The second kappa shape index (κ2) is 37.3. The first-order valence-corrected chi connectivity index (χ1v) is 38.9. The van der Waals surface area contributed by atoms with Crippen LogP contribution in [0.2, 0.25) is 5.02 Å². The smallest absolute Gasteiger partial charge is 0.316 e. The number of nitrogens with one attached hydrogen (secondary N) is 7. The lowest BCUT2D eigenvalue weighted by molar-refractivity contribution is -0.150. The van der Waals surface area contributed by atoms with E-state index in [1.807, 2.05) is 79.9 Å². The number of carboxylic acid groups (broad SMARTS) is 1. The maximum Gasteiger partial charge on any atom is 0.316 e. The van der Waals surface area contributed by atoms with Crippen LogP contribution in [0, 0.1) is 39.0 Å². The second-order valence-corrected chi connectivity index (χ2v) is 31.1. The number of thiazole rings is 1. The number of carbonyl (C=O) groups is 8. The predicted molar refractivity (Wildman–Crippen MR) is 422 cm³/mol. The molecule has 0 spiro atoms. The number of nitrogen functional groups attached to an aromatic ring is 1. The summed E-state index contributed by atoms with van der Waals surface area (Å²) in [4.78, 5) is 141. The van der Waals surface area contributed by atoms with Crippen LogP contribution in [0.3, 0.4) is 0 Å².